The van der Waals surface area contributed by atoms with E-state index in [1.54, 1.807) is 18.2 Å². The van der Waals surface area contributed by atoms with Gasteiger partial charge < -0.3 is 15.2 Å². The molecule has 8 heteroatoms. The summed E-state index contributed by atoms with van der Waals surface area (Å²) in [6, 6.07) is 13.2. The Bertz CT molecular complexity index is 1000. The second-order valence-electron chi connectivity index (χ2n) is 6.68. The largest absolute Gasteiger partial charge is 0.332 e. The van der Waals surface area contributed by atoms with Crippen LogP contribution in [0.2, 0.25) is 10.0 Å². The molecule has 2 heterocycles. The van der Waals surface area contributed by atoms with Gasteiger partial charge in [-0.3, -0.25) is 0 Å². The van der Waals surface area contributed by atoms with E-state index in [1.165, 1.54) is 19.3 Å². The average molecular weight is 432 g/mol. The average Bonchev–Trinajstić information content (AvgIpc) is 2.93. The number of hydrogen-bond donors (Lipinski definition) is 2. The SMILES string of the molecule is S=C(Nc1ccc(-c2nnc3n2CCCCC3)cc1)Nc1ccc(Cl)cc1Cl. The summed E-state index contributed by atoms with van der Waals surface area (Å²) in [5.41, 5.74) is 2.62. The Kier molecular flexibility index (Phi) is 5.80. The molecule has 0 bridgehead atoms. The van der Waals surface area contributed by atoms with E-state index in [1.807, 2.05) is 24.3 Å². The van der Waals surface area contributed by atoms with Gasteiger partial charge >= 0.3 is 0 Å². The van der Waals surface area contributed by atoms with Crippen LogP contribution in [0.25, 0.3) is 11.4 Å². The fourth-order valence-electron chi connectivity index (χ4n) is 3.28. The molecule has 0 atom stereocenters. The molecule has 144 valence electrons. The van der Waals surface area contributed by atoms with Gasteiger partial charge in [-0.15, -0.1) is 10.2 Å². The molecule has 1 aromatic heterocycles. The third kappa shape index (κ3) is 4.29. The maximum Gasteiger partial charge on any atom is 0.175 e. The van der Waals surface area contributed by atoms with E-state index in [-0.39, 0.29) is 0 Å². The summed E-state index contributed by atoms with van der Waals surface area (Å²) >= 11 is 17.5. The summed E-state index contributed by atoms with van der Waals surface area (Å²) in [4.78, 5) is 0. The van der Waals surface area contributed by atoms with Crippen molar-refractivity contribution in [1.29, 1.82) is 0 Å². The minimum absolute atomic E-state index is 0.452. The molecular formula is C20H19Cl2N5S. The van der Waals surface area contributed by atoms with E-state index in [2.05, 4.69) is 25.4 Å². The molecule has 1 aliphatic heterocycles. The number of aromatic nitrogens is 3. The highest BCUT2D eigenvalue weighted by Crippen LogP contribution is 2.26. The van der Waals surface area contributed by atoms with Crippen molar-refractivity contribution in [3.63, 3.8) is 0 Å². The van der Waals surface area contributed by atoms with Gasteiger partial charge in [0, 0.05) is 29.2 Å². The number of aryl methyl sites for hydroxylation is 1. The molecule has 0 spiro atoms. The molecule has 0 radical (unpaired) electrons. The molecule has 0 saturated carbocycles. The van der Waals surface area contributed by atoms with Crippen molar-refractivity contribution < 1.29 is 0 Å². The summed E-state index contributed by atoms with van der Waals surface area (Å²) in [6.45, 7) is 0.980. The number of rotatable bonds is 3. The van der Waals surface area contributed by atoms with Crippen molar-refractivity contribution in [2.45, 2.75) is 32.2 Å². The highest BCUT2D eigenvalue weighted by atomic mass is 35.5. The van der Waals surface area contributed by atoms with Crippen LogP contribution in [0, 0.1) is 0 Å². The minimum atomic E-state index is 0.452. The van der Waals surface area contributed by atoms with Gasteiger partial charge in [0.05, 0.1) is 10.7 Å². The van der Waals surface area contributed by atoms with E-state index in [0.717, 1.165) is 35.9 Å². The molecule has 4 rings (SSSR count). The Hall–Kier alpha value is -2.15. The third-order valence-electron chi connectivity index (χ3n) is 4.69. The second-order valence-corrected chi connectivity index (χ2v) is 7.93. The standard InChI is InChI=1S/C20H19Cl2N5S/c21-14-7-10-17(16(22)12-14)24-20(28)23-15-8-5-13(6-9-15)19-26-25-18-4-2-1-3-11-27(18)19/h5-10,12H,1-4,11H2,(H2,23,24,28). The maximum atomic E-state index is 6.17. The van der Waals surface area contributed by atoms with Gasteiger partial charge in [0.1, 0.15) is 5.82 Å². The van der Waals surface area contributed by atoms with Crippen LogP contribution in [-0.2, 0) is 13.0 Å². The smallest absolute Gasteiger partial charge is 0.175 e. The number of nitrogens with zero attached hydrogens (tertiary/aromatic N) is 3. The highest BCUT2D eigenvalue weighted by molar-refractivity contribution is 7.80. The monoisotopic (exact) mass is 431 g/mol. The summed E-state index contributed by atoms with van der Waals surface area (Å²) in [6.07, 6.45) is 4.60. The number of anilines is 2. The maximum absolute atomic E-state index is 6.17. The summed E-state index contributed by atoms with van der Waals surface area (Å²) in [5.74, 6) is 2.01. The van der Waals surface area contributed by atoms with Gasteiger partial charge in [-0.2, -0.15) is 0 Å². The Labute approximate surface area is 179 Å². The van der Waals surface area contributed by atoms with Crippen molar-refractivity contribution >= 4 is 51.9 Å². The number of hydrogen-bond acceptors (Lipinski definition) is 3. The lowest BCUT2D eigenvalue weighted by atomic mass is 10.2. The molecule has 0 unspecified atom stereocenters. The van der Waals surface area contributed by atoms with Crippen LogP contribution >= 0.6 is 35.4 Å². The van der Waals surface area contributed by atoms with Gasteiger partial charge in [-0.25, -0.2) is 0 Å². The van der Waals surface area contributed by atoms with Crippen LogP contribution in [0.5, 0.6) is 0 Å². The van der Waals surface area contributed by atoms with Crippen LogP contribution < -0.4 is 10.6 Å². The van der Waals surface area contributed by atoms with Gasteiger partial charge in [0.15, 0.2) is 10.9 Å². The molecule has 28 heavy (non-hydrogen) atoms. The summed E-state index contributed by atoms with van der Waals surface area (Å²) < 4.78 is 2.24. The summed E-state index contributed by atoms with van der Waals surface area (Å²) in [7, 11) is 0. The molecule has 1 aliphatic rings. The van der Waals surface area contributed by atoms with Crippen molar-refractivity contribution in [3.05, 3.63) is 58.3 Å². The Morgan fingerprint density at radius 3 is 2.57 bits per heavy atom. The van der Waals surface area contributed by atoms with Crippen molar-refractivity contribution in [2.24, 2.45) is 0 Å². The predicted molar refractivity (Wildman–Crippen MR) is 119 cm³/mol. The molecule has 0 fully saturated rings. The van der Waals surface area contributed by atoms with Gasteiger partial charge in [0.25, 0.3) is 0 Å². The third-order valence-corrected chi connectivity index (χ3v) is 5.44. The first kappa shape index (κ1) is 19.2. The normalized spacial score (nSPS) is 13.5. The number of fused-ring (bicyclic) bond motifs is 1. The second kappa shape index (κ2) is 8.47. The van der Waals surface area contributed by atoms with Crippen molar-refractivity contribution in [2.75, 3.05) is 10.6 Å². The Morgan fingerprint density at radius 1 is 0.964 bits per heavy atom. The molecule has 0 amide bonds. The zero-order valence-corrected chi connectivity index (χ0v) is 17.4. The number of halogens is 2. The topological polar surface area (TPSA) is 54.8 Å². The van der Waals surface area contributed by atoms with Crippen LogP contribution in [0.1, 0.15) is 25.1 Å². The van der Waals surface area contributed by atoms with Gasteiger partial charge in [0.2, 0.25) is 0 Å². The first-order valence-corrected chi connectivity index (χ1v) is 10.3. The summed E-state index contributed by atoms with van der Waals surface area (Å²) in [5, 5.41) is 16.6. The van der Waals surface area contributed by atoms with Crippen LogP contribution in [0.4, 0.5) is 11.4 Å². The van der Waals surface area contributed by atoms with E-state index in [4.69, 9.17) is 35.4 Å². The lowest BCUT2D eigenvalue weighted by molar-refractivity contribution is 0.636. The number of nitrogens with one attached hydrogen (secondary N) is 2. The predicted octanol–water partition coefficient (Wildman–Crippen LogP) is 5.79. The van der Waals surface area contributed by atoms with E-state index in [9.17, 15) is 0 Å². The molecular weight excluding hydrogens is 413 g/mol. The molecule has 5 nitrogen and oxygen atoms in total. The lowest BCUT2D eigenvalue weighted by Crippen LogP contribution is -2.19. The van der Waals surface area contributed by atoms with E-state index in [0.29, 0.717) is 20.8 Å². The molecule has 2 aromatic carbocycles. The van der Waals surface area contributed by atoms with Crippen LogP contribution in [-0.4, -0.2) is 19.9 Å². The van der Waals surface area contributed by atoms with E-state index >= 15 is 0 Å². The lowest BCUT2D eigenvalue weighted by Gasteiger charge is -2.12. The van der Waals surface area contributed by atoms with Crippen LogP contribution in [0.3, 0.4) is 0 Å². The highest BCUT2D eigenvalue weighted by Gasteiger charge is 2.15. The van der Waals surface area contributed by atoms with Crippen molar-refractivity contribution in [1.82, 2.24) is 14.8 Å². The zero-order chi connectivity index (χ0) is 19.5. The van der Waals surface area contributed by atoms with Crippen LogP contribution in [0.15, 0.2) is 42.5 Å². The number of benzene rings is 2. The van der Waals surface area contributed by atoms with E-state index < -0.39 is 0 Å². The molecule has 0 aliphatic carbocycles. The van der Waals surface area contributed by atoms with Gasteiger partial charge in [-0.05, 0) is 67.5 Å². The molecule has 0 saturated heterocycles. The quantitative estimate of drug-likeness (QED) is 0.514. The first-order valence-electron chi connectivity index (χ1n) is 9.16. The van der Waals surface area contributed by atoms with Gasteiger partial charge in [-0.1, -0.05) is 29.6 Å². The zero-order valence-electron chi connectivity index (χ0n) is 15.1. The fraction of sp³-hybridized carbons (Fsp3) is 0.250. The van der Waals surface area contributed by atoms with Crippen molar-refractivity contribution in [3.8, 4) is 11.4 Å². The fourth-order valence-corrected chi connectivity index (χ4v) is 3.96. The first-order chi connectivity index (χ1) is 13.6. The minimum Gasteiger partial charge on any atom is -0.332 e. The number of thiocarbonyl (C=S) groups is 1. The molecule has 2 N–H and O–H groups in total. The Morgan fingerprint density at radius 2 is 1.79 bits per heavy atom. The molecule has 3 aromatic rings. The Balaban J connectivity index is 1.45.